The highest BCUT2D eigenvalue weighted by Crippen LogP contribution is 2.38. The largest absolute Gasteiger partial charge is 0.494 e. The fraction of sp³-hybridized carbons (Fsp3) is 0.133. The molecule has 0 amide bonds. The SMILES string of the molecule is COc1cc(OC)c(F)c(-c2cc3cnc(N)nc3c(Cl)n2)c1F. The molecule has 0 atom stereocenters. The lowest BCUT2D eigenvalue weighted by Gasteiger charge is -2.13. The summed E-state index contributed by atoms with van der Waals surface area (Å²) in [5.41, 5.74) is 5.31. The van der Waals surface area contributed by atoms with Crippen molar-refractivity contribution < 1.29 is 18.3 Å². The zero-order chi connectivity index (χ0) is 17.4. The van der Waals surface area contributed by atoms with Crippen LogP contribution in [-0.4, -0.2) is 29.2 Å². The van der Waals surface area contributed by atoms with Gasteiger partial charge in [0.1, 0.15) is 5.52 Å². The molecule has 0 saturated heterocycles. The summed E-state index contributed by atoms with van der Waals surface area (Å²) in [6.45, 7) is 0. The van der Waals surface area contributed by atoms with E-state index in [1.807, 2.05) is 0 Å². The minimum Gasteiger partial charge on any atom is -0.494 e. The van der Waals surface area contributed by atoms with Crippen LogP contribution in [-0.2, 0) is 0 Å². The highest BCUT2D eigenvalue weighted by Gasteiger charge is 2.23. The Kier molecular flexibility index (Phi) is 4.06. The first kappa shape index (κ1) is 16.1. The minimum atomic E-state index is -0.921. The van der Waals surface area contributed by atoms with Crippen molar-refractivity contribution in [1.29, 1.82) is 0 Å². The van der Waals surface area contributed by atoms with Gasteiger partial charge in [0.25, 0.3) is 0 Å². The topological polar surface area (TPSA) is 83.2 Å². The van der Waals surface area contributed by atoms with E-state index in [1.54, 1.807) is 0 Å². The molecule has 0 aliphatic heterocycles. The first-order chi connectivity index (χ1) is 11.5. The van der Waals surface area contributed by atoms with Gasteiger partial charge in [-0.25, -0.2) is 23.7 Å². The Labute approximate surface area is 140 Å². The molecule has 0 saturated carbocycles. The summed E-state index contributed by atoms with van der Waals surface area (Å²) in [5, 5.41) is 0.372. The summed E-state index contributed by atoms with van der Waals surface area (Å²) in [5.74, 6) is -2.20. The lowest BCUT2D eigenvalue weighted by atomic mass is 10.1. The van der Waals surface area contributed by atoms with E-state index in [4.69, 9.17) is 26.8 Å². The molecule has 0 fully saturated rings. The number of rotatable bonds is 3. The molecule has 0 unspecified atom stereocenters. The van der Waals surface area contributed by atoms with E-state index < -0.39 is 17.2 Å². The lowest BCUT2D eigenvalue weighted by molar-refractivity contribution is 0.359. The maximum Gasteiger partial charge on any atom is 0.220 e. The second-order valence-corrected chi connectivity index (χ2v) is 5.11. The molecule has 6 nitrogen and oxygen atoms in total. The van der Waals surface area contributed by atoms with Crippen molar-refractivity contribution in [3.8, 4) is 22.8 Å². The predicted octanol–water partition coefficient (Wildman–Crippen LogP) is 3.22. The molecule has 0 spiro atoms. The van der Waals surface area contributed by atoms with E-state index >= 15 is 0 Å². The molecule has 9 heteroatoms. The number of benzene rings is 1. The fourth-order valence-corrected chi connectivity index (χ4v) is 2.49. The van der Waals surface area contributed by atoms with Gasteiger partial charge in [0.2, 0.25) is 5.95 Å². The van der Waals surface area contributed by atoms with Crippen LogP contribution in [0.1, 0.15) is 0 Å². The van der Waals surface area contributed by atoms with Gasteiger partial charge in [-0.1, -0.05) is 11.6 Å². The molecular weight excluding hydrogens is 342 g/mol. The van der Waals surface area contributed by atoms with Crippen molar-refractivity contribution >= 4 is 28.5 Å². The van der Waals surface area contributed by atoms with E-state index in [1.165, 1.54) is 26.5 Å². The summed E-state index contributed by atoms with van der Waals surface area (Å²) in [6.07, 6.45) is 1.39. The van der Waals surface area contributed by atoms with E-state index in [9.17, 15) is 8.78 Å². The van der Waals surface area contributed by atoms with E-state index in [-0.39, 0.29) is 33.8 Å². The van der Waals surface area contributed by atoms with Gasteiger partial charge in [-0.3, -0.25) is 0 Å². The van der Waals surface area contributed by atoms with Crippen LogP contribution in [0.2, 0.25) is 5.15 Å². The summed E-state index contributed by atoms with van der Waals surface area (Å²) in [7, 11) is 2.52. The van der Waals surface area contributed by atoms with Crippen LogP contribution in [0, 0.1) is 11.6 Å². The van der Waals surface area contributed by atoms with Gasteiger partial charge in [0.15, 0.2) is 28.3 Å². The Hall–Kier alpha value is -2.74. The van der Waals surface area contributed by atoms with Crippen LogP contribution in [0.25, 0.3) is 22.2 Å². The van der Waals surface area contributed by atoms with E-state index in [0.717, 1.165) is 6.07 Å². The molecule has 0 radical (unpaired) electrons. The molecule has 0 bridgehead atoms. The molecule has 3 rings (SSSR count). The van der Waals surface area contributed by atoms with Crippen molar-refractivity contribution in [2.75, 3.05) is 20.0 Å². The van der Waals surface area contributed by atoms with Crippen molar-refractivity contribution in [3.05, 3.63) is 35.1 Å². The van der Waals surface area contributed by atoms with Crippen LogP contribution < -0.4 is 15.2 Å². The molecule has 124 valence electrons. The maximum absolute atomic E-state index is 14.6. The second kappa shape index (κ2) is 6.04. The number of pyridine rings is 1. The molecule has 3 aromatic rings. The highest BCUT2D eigenvalue weighted by molar-refractivity contribution is 6.34. The number of hydrogen-bond acceptors (Lipinski definition) is 6. The molecule has 2 N–H and O–H groups in total. The number of methoxy groups -OCH3 is 2. The van der Waals surface area contributed by atoms with E-state index in [2.05, 4.69) is 15.0 Å². The molecule has 2 aromatic heterocycles. The molecule has 0 aliphatic carbocycles. The third-order valence-electron chi connectivity index (χ3n) is 3.37. The maximum atomic E-state index is 14.6. The Bertz CT molecular complexity index is 924. The van der Waals surface area contributed by atoms with Crippen LogP contribution in [0.5, 0.6) is 11.5 Å². The third-order valence-corrected chi connectivity index (χ3v) is 3.64. The quantitative estimate of drug-likeness (QED) is 0.729. The molecule has 24 heavy (non-hydrogen) atoms. The molecule has 1 aromatic carbocycles. The summed E-state index contributed by atoms with van der Waals surface area (Å²) < 4.78 is 39.0. The van der Waals surface area contributed by atoms with Crippen LogP contribution in [0.4, 0.5) is 14.7 Å². The summed E-state index contributed by atoms with van der Waals surface area (Å²) >= 11 is 6.07. The van der Waals surface area contributed by atoms with Gasteiger partial charge < -0.3 is 15.2 Å². The van der Waals surface area contributed by atoms with Crippen molar-refractivity contribution in [3.63, 3.8) is 0 Å². The number of hydrogen-bond donors (Lipinski definition) is 1. The van der Waals surface area contributed by atoms with Gasteiger partial charge in [-0.05, 0) is 6.07 Å². The summed E-state index contributed by atoms with van der Waals surface area (Å²) in [6, 6.07) is 2.52. The number of halogens is 3. The fourth-order valence-electron chi connectivity index (χ4n) is 2.25. The van der Waals surface area contributed by atoms with Crippen LogP contribution in [0.15, 0.2) is 18.3 Å². The normalized spacial score (nSPS) is 10.9. The lowest BCUT2D eigenvalue weighted by Crippen LogP contribution is -2.01. The first-order valence-electron chi connectivity index (χ1n) is 6.65. The van der Waals surface area contributed by atoms with Gasteiger partial charge >= 0.3 is 0 Å². The van der Waals surface area contributed by atoms with Crippen LogP contribution >= 0.6 is 11.6 Å². The Morgan fingerprint density at radius 2 is 1.67 bits per heavy atom. The zero-order valence-corrected chi connectivity index (χ0v) is 13.4. The second-order valence-electron chi connectivity index (χ2n) is 4.75. The Morgan fingerprint density at radius 3 is 2.25 bits per heavy atom. The predicted molar refractivity (Wildman–Crippen MR) is 85.2 cm³/mol. The number of nitrogens with two attached hydrogens (primary N) is 1. The smallest absolute Gasteiger partial charge is 0.220 e. The van der Waals surface area contributed by atoms with Gasteiger partial charge in [-0.2, -0.15) is 0 Å². The Balaban J connectivity index is 2.33. The molecule has 0 aliphatic rings. The zero-order valence-electron chi connectivity index (χ0n) is 12.6. The molecular formula is C15H11ClF2N4O2. The average Bonchev–Trinajstić information content (AvgIpc) is 2.56. The summed E-state index contributed by atoms with van der Waals surface area (Å²) in [4.78, 5) is 11.8. The van der Waals surface area contributed by atoms with Gasteiger partial charge in [0, 0.05) is 17.6 Å². The monoisotopic (exact) mass is 352 g/mol. The minimum absolute atomic E-state index is 0.0133. The van der Waals surface area contributed by atoms with Crippen molar-refractivity contribution in [1.82, 2.24) is 15.0 Å². The van der Waals surface area contributed by atoms with Crippen LogP contribution in [0.3, 0.4) is 0 Å². The number of anilines is 1. The number of aromatic nitrogens is 3. The Morgan fingerprint density at radius 1 is 1.04 bits per heavy atom. The first-order valence-corrected chi connectivity index (χ1v) is 7.03. The highest BCUT2D eigenvalue weighted by atomic mass is 35.5. The van der Waals surface area contributed by atoms with Crippen molar-refractivity contribution in [2.24, 2.45) is 0 Å². The van der Waals surface area contributed by atoms with E-state index in [0.29, 0.717) is 5.39 Å². The number of ether oxygens (including phenoxy) is 2. The average molecular weight is 353 g/mol. The number of nitrogen functional groups attached to an aromatic ring is 1. The number of fused-ring (bicyclic) bond motifs is 1. The third kappa shape index (κ3) is 2.54. The van der Waals surface area contributed by atoms with Gasteiger partial charge in [-0.15, -0.1) is 0 Å². The standard InChI is InChI=1S/C15H11ClF2N4O2/c1-23-8-4-9(24-2)12(18)10(11(8)17)7-3-6-5-20-15(19)22-13(6)14(16)21-7/h3-5H,1-2H3,(H2,19,20,22). The number of nitrogens with zero attached hydrogens (tertiary/aromatic N) is 3. The van der Waals surface area contributed by atoms with Crippen molar-refractivity contribution in [2.45, 2.75) is 0 Å². The van der Waals surface area contributed by atoms with Gasteiger partial charge in [0.05, 0.1) is 25.5 Å². The molecule has 2 heterocycles.